The number of hydrogen-bond acceptors (Lipinski definition) is 4. The summed E-state index contributed by atoms with van der Waals surface area (Å²) in [5.41, 5.74) is 0.813. The third-order valence-electron chi connectivity index (χ3n) is 3.17. The van der Waals surface area contributed by atoms with Crippen LogP contribution in [0.2, 0.25) is 0 Å². The van der Waals surface area contributed by atoms with Gasteiger partial charge in [-0.2, -0.15) is 0 Å². The van der Waals surface area contributed by atoms with Gasteiger partial charge in [0.2, 0.25) is 0 Å². The van der Waals surface area contributed by atoms with Crippen molar-refractivity contribution in [1.29, 1.82) is 0 Å². The summed E-state index contributed by atoms with van der Waals surface area (Å²) in [6.07, 6.45) is -0.939. The molecule has 1 fully saturated rings. The first-order valence-electron chi connectivity index (χ1n) is 5.71. The summed E-state index contributed by atoms with van der Waals surface area (Å²) in [5.74, 6) is 0.709. The second-order valence-electron chi connectivity index (χ2n) is 4.34. The van der Waals surface area contributed by atoms with Gasteiger partial charge in [0.05, 0.1) is 12.7 Å². The van der Waals surface area contributed by atoms with Gasteiger partial charge in [-0.3, -0.25) is 0 Å². The lowest BCUT2D eigenvalue weighted by atomic mass is 10.1. The fourth-order valence-corrected chi connectivity index (χ4v) is 2.24. The van der Waals surface area contributed by atoms with Gasteiger partial charge in [0, 0.05) is 11.8 Å². The van der Waals surface area contributed by atoms with Gasteiger partial charge in [-0.1, -0.05) is 18.2 Å². The van der Waals surface area contributed by atoms with E-state index in [1.165, 1.54) is 0 Å². The van der Waals surface area contributed by atoms with E-state index in [0.29, 0.717) is 12.2 Å². The molecule has 0 saturated carbocycles. The largest absolute Gasteiger partial charge is 0.458 e. The highest BCUT2D eigenvalue weighted by Gasteiger charge is 2.35. The number of aliphatic hydroxyl groups excluding tert-OH is 2. The first-order valence-corrected chi connectivity index (χ1v) is 5.71. The second-order valence-corrected chi connectivity index (χ2v) is 4.34. The fraction of sp³-hybridized carbons (Fsp3) is 0.385. The highest BCUT2D eigenvalue weighted by atomic mass is 16.5. The molecule has 1 aliphatic heterocycles. The Morgan fingerprint density at radius 3 is 2.82 bits per heavy atom. The molecule has 17 heavy (non-hydrogen) atoms. The number of hydrogen-bond donors (Lipinski definition) is 2. The summed E-state index contributed by atoms with van der Waals surface area (Å²) >= 11 is 0. The lowest BCUT2D eigenvalue weighted by Gasteiger charge is -2.09. The van der Waals surface area contributed by atoms with Crippen molar-refractivity contribution < 1.29 is 19.4 Å². The van der Waals surface area contributed by atoms with Crippen LogP contribution in [0.1, 0.15) is 18.3 Å². The van der Waals surface area contributed by atoms with Crippen molar-refractivity contribution in [2.75, 3.05) is 6.61 Å². The van der Waals surface area contributed by atoms with Crippen LogP contribution in [0.25, 0.3) is 11.0 Å². The zero-order valence-electron chi connectivity index (χ0n) is 9.24. The minimum atomic E-state index is -0.627. The van der Waals surface area contributed by atoms with Crippen LogP contribution in [-0.4, -0.2) is 29.0 Å². The lowest BCUT2D eigenvalue weighted by Crippen LogP contribution is -2.24. The average molecular weight is 234 g/mol. The van der Waals surface area contributed by atoms with Crippen molar-refractivity contribution in [1.82, 2.24) is 0 Å². The van der Waals surface area contributed by atoms with Gasteiger partial charge < -0.3 is 19.4 Å². The molecular weight excluding hydrogens is 220 g/mol. The van der Waals surface area contributed by atoms with Gasteiger partial charge in [0.15, 0.2) is 0 Å². The molecule has 3 rings (SSSR count). The Bertz CT molecular complexity index is 486. The minimum absolute atomic E-state index is 0.169. The van der Waals surface area contributed by atoms with Crippen LogP contribution in [0.3, 0.4) is 0 Å². The van der Waals surface area contributed by atoms with E-state index >= 15 is 0 Å². The summed E-state index contributed by atoms with van der Waals surface area (Å²) in [5, 5.41) is 19.7. The third kappa shape index (κ3) is 1.84. The summed E-state index contributed by atoms with van der Waals surface area (Å²) in [6, 6.07) is 9.65. The molecule has 0 aliphatic carbocycles. The summed E-state index contributed by atoms with van der Waals surface area (Å²) in [6.45, 7) is -0.169. The minimum Gasteiger partial charge on any atom is -0.458 e. The molecule has 0 radical (unpaired) electrons. The van der Waals surface area contributed by atoms with Crippen molar-refractivity contribution in [2.24, 2.45) is 0 Å². The lowest BCUT2D eigenvalue weighted by molar-refractivity contribution is -0.0273. The molecule has 1 aliphatic rings. The third-order valence-corrected chi connectivity index (χ3v) is 3.17. The Morgan fingerprint density at radius 2 is 2.12 bits per heavy atom. The standard InChI is InChI=1S/C13H14O4/c14-7-13-9(15)6-12(17-13)11-5-8-3-1-2-4-10(8)16-11/h1-5,9,12-15H,6-7H2/t9-,12+,13+/m0/s1. The number of benzene rings is 1. The summed E-state index contributed by atoms with van der Waals surface area (Å²) in [7, 11) is 0. The number of para-hydroxylation sites is 1. The van der Waals surface area contributed by atoms with Crippen LogP contribution in [0.5, 0.6) is 0 Å². The molecule has 0 bridgehead atoms. The molecule has 0 spiro atoms. The van der Waals surface area contributed by atoms with Crippen LogP contribution in [-0.2, 0) is 4.74 Å². The van der Waals surface area contributed by atoms with E-state index in [1.54, 1.807) is 0 Å². The van der Waals surface area contributed by atoms with Crippen LogP contribution >= 0.6 is 0 Å². The molecule has 90 valence electrons. The molecule has 4 heteroatoms. The number of rotatable bonds is 2. The van der Waals surface area contributed by atoms with Gasteiger partial charge in [-0.25, -0.2) is 0 Å². The van der Waals surface area contributed by atoms with Gasteiger partial charge in [-0.05, 0) is 12.1 Å². The van der Waals surface area contributed by atoms with Crippen molar-refractivity contribution in [3.8, 4) is 0 Å². The van der Waals surface area contributed by atoms with E-state index < -0.39 is 12.2 Å². The predicted octanol–water partition coefficient (Wildman–Crippen LogP) is 1.62. The van der Waals surface area contributed by atoms with Crippen molar-refractivity contribution in [3.63, 3.8) is 0 Å². The van der Waals surface area contributed by atoms with Crippen LogP contribution in [0.15, 0.2) is 34.7 Å². The van der Waals surface area contributed by atoms with Crippen molar-refractivity contribution in [3.05, 3.63) is 36.1 Å². The molecule has 1 aromatic heterocycles. The van der Waals surface area contributed by atoms with Crippen molar-refractivity contribution >= 4 is 11.0 Å². The highest BCUT2D eigenvalue weighted by molar-refractivity contribution is 5.77. The molecule has 4 nitrogen and oxygen atoms in total. The van der Waals surface area contributed by atoms with Gasteiger partial charge >= 0.3 is 0 Å². The van der Waals surface area contributed by atoms with E-state index in [0.717, 1.165) is 11.0 Å². The van der Waals surface area contributed by atoms with Crippen LogP contribution in [0.4, 0.5) is 0 Å². The zero-order chi connectivity index (χ0) is 11.8. The van der Waals surface area contributed by atoms with Crippen LogP contribution < -0.4 is 0 Å². The normalized spacial score (nSPS) is 28.9. The molecule has 2 heterocycles. The van der Waals surface area contributed by atoms with E-state index in [4.69, 9.17) is 14.3 Å². The van der Waals surface area contributed by atoms with E-state index in [2.05, 4.69) is 0 Å². The molecule has 1 saturated heterocycles. The number of furan rings is 1. The zero-order valence-corrected chi connectivity index (χ0v) is 9.24. The van der Waals surface area contributed by atoms with Gasteiger partial charge in [0.1, 0.15) is 23.6 Å². The SMILES string of the molecule is OC[C@H]1O[C@@H](c2cc3ccccc3o2)C[C@@H]1O. The molecular formula is C13H14O4. The second kappa shape index (κ2) is 4.14. The highest BCUT2D eigenvalue weighted by Crippen LogP contribution is 2.35. The Balaban J connectivity index is 1.89. The summed E-state index contributed by atoms with van der Waals surface area (Å²) < 4.78 is 11.2. The maximum absolute atomic E-state index is 9.67. The first-order chi connectivity index (χ1) is 8.28. The quantitative estimate of drug-likeness (QED) is 0.828. The molecule has 2 aromatic rings. The molecule has 0 unspecified atom stereocenters. The van der Waals surface area contributed by atoms with E-state index in [1.807, 2.05) is 30.3 Å². The Hall–Kier alpha value is -1.36. The molecule has 1 aromatic carbocycles. The maximum atomic E-state index is 9.67. The average Bonchev–Trinajstić information content (AvgIpc) is 2.91. The first kappa shape index (κ1) is 10.8. The molecule has 2 N–H and O–H groups in total. The fourth-order valence-electron chi connectivity index (χ4n) is 2.24. The van der Waals surface area contributed by atoms with Crippen molar-refractivity contribution in [2.45, 2.75) is 24.7 Å². The topological polar surface area (TPSA) is 62.8 Å². The molecule has 0 amide bonds. The Kier molecular flexibility index (Phi) is 2.63. The molecule has 3 atom stereocenters. The maximum Gasteiger partial charge on any atom is 0.134 e. The Labute approximate surface area is 98.4 Å². The number of fused-ring (bicyclic) bond motifs is 1. The monoisotopic (exact) mass is 234 g/mol. The van der Waals surface area contributed by atoms with Gasteiger partial charge in [0.25, 0.3) is 0 Å². The number of aliphatic hydroxyl groups is 2. The van der Waals surface area contributed by atoms with E-state index in [-0.39, 0.29) is 12.7 Å². The number of ether oxygens (including phenoxy) is 1. The smallest absolute Gasteiger partial charge is 0.134 e. The summed E-state index contributed by atoms with van der Waals surface area (Å²) in [4.78, 5) is 0. The van der Waals surface area contributed by atoms with Gasteiger partial charge in [-0.15, -0.1) is 0 Å². The van der Waals surface area contributed by atoms with E-state index in [9.17, 15) is 5.11 Å². The predicted molar refractivity (Wildman–Crippen MR) is 61.5 cm³/mol. The Morgan fingerprint density at radius 1 is 1.29 bits per heavy atom. The van der Waals surface area contributed by atoms with Crippen LogP contribution in [0, 0.1) is 0 Å².